The molecule has 35 heavy (non-hydrogen) atoms. The van der Waals surface area contributed by atoms with Gasteiger partial charge in [-0.25, -0.2) is 9.82 Å². The van der Waals surface area contributed by atoms with Crippen LogP contribution < -0.4 is 16.3 Å². The van der Waals surface area contributed by atoms with Crippen LogP contribution in [0.3, 0.4) is 0 Å². The molecule has 1 aliphatic rings. The maximum absolute atomic E-state index is 14.8. The van der Waals surface area contributed by atoms with E-state index in [1.54, 1.807) is 43.3 Å². The number of piperazine rings is 1. The number of hydrogen-bond donors (Lipinski definition) is 4. The number of hydrazone groups is 1. The van der Waals surface area contributed by atoms with E-state index in [0.29, 0.717) is 35.6 Å². The number of benzene rings is 2. The fourth-order valence-electron chi connectivity index (χ4n) is 4.10. The molecule has 4 N–H and O–H groups in total. The average Bonchev–Trinajstić information content (AvgIpc) is 3.34. The second kappa shape index (κ2) is 10.3. The largest absolute Gasteiger partial charge is 0.360 e. The highest BCUT2D eigenvalue weighted by atomic mass is 19.1. The number of aromatic amines is 1. The fourth-order valence-corrected chi connectivity index (χ4v) is 4.10. The number of carbonyl (C=O) groups is 3. The van der Waals surface area contributed by atoms with Gasteiger partial charge in [0.15, 0.2) is 5.84 Å². The number of aromatic nitrogens is 1. The zero-order valence-corrected chi connectivity index (χ0v) is 19.4. The van der Waals surface area contributed by atoms with E-state index < -0.39 is 17.5 Å². The number of fused-ring (bicyclic) bond motifs is 1. The third-order valence-electron chi connectivity index (χ3n) is 5.82. The number of nitrogens with one attached hydrogen (secondary N) is 4. The Kier molecular flexibility index (Phi) is 7.06. The Morgan fingerprint density at radius 2 is 1.63 bits per heavy atom. The fraction of sp³-hybridized carbons (Fsp3) is 0.250. The van der Waals surface area contributed by atoms with Gasteiger partial charge in [0, 0.05) is 63.0 Å². The summed E-state index contributed by atoms with van der Waals surface area (Å²) in [6, 6.07) is 11.6. The molecule has 0 spiro atoms. The number of amides is 2. The molecule has 2 amide bonds. The molecule has 0 unspecified atom stereocenters. The van der Waals surface area contributed by atoms with Gasteiger partial charge in [0.1, 0.15) is 5.82 Å². The van der Waals surface area contributed by atoms with Crippen LogP contribution in [0.15, 0.2) is 53.8 Å². The van der Waals surface area contributed by atoms with Crippen molar-refractivity contribution in [1.82, 2.24) is 31.1 Å². The van der Waals surface area contributed by atoms with Crippen LogP contribution in [-0.4, -0.2) is 78.5 Å². The van der Waals surface area contributed by atoms with Crippen molar-refractivity contribution in [1.29, 1.82) is 0 Å². The number of hydrogen-bond acceptors (Lipinski definition) is 6. The lowest BCUT2D eigenvalue weighted by Crippen LogP contribution is -2.52. The van der Waals surface area contributed by atoms with Gasteiger partial charge in [-0.3, -0.25) is 14.4 Å². The number of rotatable bonds is 6. The summed E-state index contributed by atoms with van der Waals surface area (Å²) in [7, 11) is 3.27. The van der Waals surface area contributed by atoms with E-state index in [1.807, 2.05) is 6.07 Å². The number of H-pyrrole nitrogens is 1. The van der Waals surface area contributed by atoms with Crippen LogP contribution in [0.4, 0.5) is 4.39 Å². The van der Waals surface area contributed by atoms with E-state index in [0.717, 1.165) is 0 Å². The molecule has 2 heterocycles. The first-order valence-corrected chi connectivity index (χ1v) is 11.1. The van der Waals surface area contributed by atoms with Crippen molar-refractivity contribution in [3.05, 3.63) is 71.2 Å². The monoisotopic (exact) mass is 479 g/mol. The van der Waals surface area contributed by atoms with Gasteiger partial charge in [-0.05, 0) is 24.3 Å². The first-order chi connectivity index (χ1) is 17.0. The molecule has 11 heteroatoms. The molecule has 1 aliphatic heterocycles. The predicted molar refractivity (Wildman–Crippen MR) is 129 cm³/mol. The zero-order chi connectivity index (χ0) is 24.9. The molecule has 1 aromatic heterocycles. The number of hydrazine groups is 1. The minimum Gasteiger partial charge on any atom is -0.360 e. The smallest absolute Gasteiger partial charge is 0.295 e. The maximum atomic E-state index is 14.8. The summed E-state index contributed by atoms with van der Waals surface area (Å²) in [6.45, 7) is 1.03. The molecular formula is C24H26FN7O3. The average molecular weight is 480 g/mol. The summed E-state index contributed by atoms with van der Waals surface area (Å²) in [6.07, 6.45) is 1.34. The van der Waals surface area contributed by atoms with Gasteiger partial charge < -0.3 is 25.6 Å². The number of halogens is 1. The standard InChI is InChI=1S/C24H26FN7O3/c1-26-29-22(30-27-2)16-8-9-18(25)19-17(14-28-20(16)19)21(33)24(35)32-12-10-31(11-13-32)23(34)15-6-4-3-5-7-15/h3-9,14,26-28H,10-13H2,1-2H3,(H,29,30). The molecule has 182 valence electrons. The summed E-state index contributed by atoms with van der Waals surface area (Å²) in [4.78, 5) is 44.7. The Hall–Kier alpha value is -4.25. The van der Waals surface area contributed by atoms with Gasteiger partial charge in [0.25, 0.3) is 17.6 Å². The third-order valence-corrected chi connectivity index (χ3v) is 5.82. The van der Waals surface area contributed by atoms with Crippen molar-refractivity contribution in [2.45, 2.75) is 0 Å². The molecule has 10 nitrogen and oxygen atoms in total. The normalized spacial score (nSPS) is 14.2. The van der Waals surface area contributed by atoms with Gasteiger partial charge in [-0.15, -0.1) is 0 Å². The Morgan fingerprint density at radius 1 is 0.943 bits per heavy atom. The number of amidine groups is 1. The minimum atomic E-state index is -0.816. The number of carbonyl (C=O) groups excluding carboxylic acids is 3. The van der Waals surface area contributed by atoms with Crippen LogP contribution in [0.5, 0.6) is 0 Å². The molecule has 1 fully saturated rings. The second-order valence-corrected chi connectivity index (χ2v) is 7.89. The molecule has 2 aromatic carbocycles. The molecule has 0 aliphatic carbocycles. The Labute approximate surface area is 201 Å². The molecule has 0 radical (unpaired) electrons. The van der Waals surface area contributed by atoms with E-state index >= 15 is 0 Å². The molecule has 3 aromatic rings. The summed E-state index contributed by atoms with van der Waals surface area (Å²) >= 11 is 0. The predicted octanol–water partition coefficient (Wildman–Crippen LogP) is 1.08. The minimum absolute atomic E-state index is 0.0143. The van der Waals surface area contributed by atoms with Gasteiger partial charge in [-0.1, -0.05) is 18.2 Å². The van der Waals surface area contributed by atoms with Crippen molar-refractivity contribution in [3.63, 3.8) is 0 Å². The zero-order valence-electron chi connectivity index (χ0n) is 19.4. The van der Waals surface area contributed by atoms with Gasteiger partial charge >= 0.3 is 0 Å². The Bertz CT molecular complexity index is 1280. The van der Waals surface area contributed by atoms with Crippen LogP contribution in [0.25, 0.3) is 10.9 Å². The van der Waals surface area contributed by atoms with Crippen molar-refractivity contribution >= 4 is 34.3 Å². The molecular weight excluding hydrogens is 453 g/mol. The topological polar surface area (TPSA) is 122 Å². The van der Waals surface area contributed by atoms with Gasteiger partial charge in [-0.2, -0.15) is 5.10 Å². The maximum Gasteiger partial charge on any atom is 0.295 e. The summed E-state index contributed by atoms with van der Waals surface area (Å²) in [5.74, 6) is -1.94. The molecule has 4 rings (SSSR count). The summed E-state index contributed by atoms with van der Waals surface area (Å²) < 4.78 is 14.8. The number of nitrogens with zero attached hydrogens (tertiary/aromatic N) is 3. The van der Waals surface area contributed by atoms with Crippen LogP contribution in [0.2, 0.25) is 0 Å². The first kappa shape index (κ1) is 23.9. The van der Waals surface area contributed by atoms with Crippen LogP contribution in [0, 0.1) is 5.82 Å². The third kappa shape index (κ3) is 4.71. The lowest BCUT2D eigenvalue weighted by atomic mass is 10.0. The van der Waals surface area contributed by atoms with E-state index in [9.17, 15) is 18.8 Å². The van der Waals surface area contributed by atoms with Gasteiger partial charge in [0.05, 0.1) is 11.1 Å². The van der Waals surface area contributed by atoms with Crippen molar-refractivity contribution in [2.75, 3.05) is 40.3 Å². The van der Waals surface area contributed by atoms with Crippen LogP contribution in [0.1, 0.15) is 26.3 Å². The second-order valence-electron chi connectivity index (χ2n) is 7.89. The highest BCUT2D eigenvalue weighted by molar-refractivity contribution is 6.45. The first-order valence-electron chi connectivity index (χ1n) is 11.1. The highest BCUT2D eigenvalue weighted by Crippen LogP contribution is 2.26. The Balaban J connectivity index is 1.53. The van der Waals surface area contributed by atoms with Crippen molar-refractivity contribution in [3.8, 4) is 0 Å². The van der Waals surface area contributed by atoms with E-state index in [4.69, 9.17) is 0 Å². The van der Waals surface area contributed by atoms with E-state index in [-0.39, 0.29) is 29.9 Å². The number of ketones is 1. The molecule has 0 saturated carbocycles. The van der Waals surface area contributed by atoms with Crippen LogP contribution in [-0.2, 0) is 4.79 Å². The molecule has 0 atom stereocenters. The molecule has 0 bridgehead atoms. The van der Waals surface area contributed by atoms with Gasteiger partial charge in [0.2, 0.25) is 0 Å². The number of Topliss-reactive ketones (excluding diaryl/α,β-unsaturated/α-hetero) is 1. The SMILES string of the molecule is CNN=C(NNC)c1ccc(F)c2c(C(=O)C(=O)N3CCN(C(=O)c4ccccc4)CC3)c[nH]c12. The lowest BCUT2D eigenvalue weighted by molar-refractivity contribution is -0.127. The van der Waals surface area contributed by atoms with Crippen LogP contribution >= 0.6 is 0 Å². The van der Waals surface area contributed by atoms with E-state index in [1.165, 1.54) is 23.2 Å². The summed E-state index contributed by atoms with van der Waals surface area (Å²) in [5, 5.41) is 4.14. The summed E-state index contributed by atoms with van der Waals surface area (Å²) in [5.41, 5.74) is 9.63. The molecule has 1 saturated heterocycles. The quantitative estimate of drug-likeness (QED) is 0.138. The lowest BCUT2D eigenvalue weighted by Gasteiger charge is -2.34. The van der Waals surface area contributed by atoms with Crippen molar-refractivity contribution < 1.29 is 18.8 Å². The van der Waals surface area contributed by atoms with E-state index in [2.05, 4.69) is 26.4 Å². The van der Waals surface area contributed by atoms with Crippen molar-refractivity contribution in [2.24, 2.45) is 5.10 Å². The highest BCUT2D eigenvalue weighted by Gasteiger charge is 2.31. The Morgan fingerprint density at radius 3 is 2.29 bits per heavy atom.